The lowest BCUT2D eigenvalue weighted by molar-refractivity contribution is -0.123. The Morgan fingerprint density at radius 2 is 1.88 bits per heavy atom. The van der Waals surface area contributed by atoms with Crippen LogP contribution in [0.1, 0.15) is 38.8 Å². The summed E-state index contributed by atoms with van der Waals surface area (Å²) in [5.74, 6) is 1.30. The van der Waals surface area contributed by atoms with E-state index in [1.165, 1.54) is 11.8 Å². The van der Waals surface area contributed by atoms with Crippen molar-refractivity contribution in [3.05, 3.63) is 60.5 Å². The molecule has 2 aromatic carbocycles. The van der Waals surface area contributed by atoms with Crippen LogP contribution in [0.3, 0.4) is 0 Å². The number of rotatable bonds is 7. The summed E-state index contributed by atoms with van der Waals surface area (Å²) in [4.78, 5) is 20.1. The first-order chi connectivity index (χ1) is 15.2. The first-order valence-electron chi connectivity index (χ1n) is 10.2. The summed E-state index contributed by atoms with van der Waals surface area (Å²) in [6.07, 6.45) is 1.90. The first-order valence-corrected chi connectivity index (χ1v) is 12.9. The van der Waals surface area contributed by atoms with Gasteiger partial charge in [-0.1, -0.05) is 28.1 Å². The molecule has 0 atom stereocenters. The first kappa shape index (κ1) is 25.1. The van der Waals surface area contributed by atoms with E-state index in [-0.39, 0.29) is 18.0 Å². The van der Waals surface area contributed by atoms with Crippen LogP contribution in [0.4, 0.5) is 0 Å². The molecule has 0 unspecified atom stereocenters. The number of aliphatic imine (C=N–C) groups is 1. The molecular weight excluding hydrogens is 603 g/mol. The van der Waals surface area contributed by atoms with Crippen LogP contribution in [0.15, 0.2) is 50.8 Å². The number of methoxy groups -OCH3 is 1. The number of carbonyl (C=O) groups is 1. The molecule has 0 aromatic heterocycles. The van der Waals surface area contributed by atoms with Gasteiger partial charge in [-0.15, -0.1) is 0 Å². The molecule has 0 N–H and O–H groups in total. The van der Waals surface area contributed by atoms with Crippen molar-refractivity contribution in [2.24, 2.45) is 4.99 Å². The number of hydrogen-bond donors (Lipinski definition) is 0. The van der Waals surface area contributed by atoms with Crippen molar-refractivity contribution in [1.29, 1.82) is 0 Å². The second-order valence-electron chi connectivity index (χ2n) is 7.83. The molecule has 5 nitrogen and oxygen atoms in total. The van der Waals surface area contributed by atoms with Crippen LogP contribution in [0.5, 0.6) is 11.5 Å². The van der Waals surface area contributed by atoms with Gasteiger partial charge in [-0.05, 0) is 104 Å². The molecule has 1 fully saturated rings. The molecule has 170 valence electrons. The van der Waals surface area contributed by atoms with Gasteiger partial charge >= 0.3 is 0 Å². The highest BCUT2D eigenvalue weighted by Gasteiger charge is 2.35. The average molecular weight is 629 g/mol. The molecule has 0 aliphatic carbocycles. The van der Waals surface area contributed by atoms with Crippen LogP contribution in [0, 0.1) is 3.57 Å². The summed E-state index contributed by atoms with van der Waals surface area (Å²) in [7, 11) is 1.62. The van der Waals surface area contributed by atoms with Gasteiger partial charge in [0.15, 0.2) is 16.7 Å². The zero-order chi connectivity index (χ0) is 23.4. The van der Waals surface area contributed by atoms with Gasteiger partial charge in [0.05, 0.1) is 15.6 Å². The molecule has 1 heterocycles. The third-order valence-corrected chi connectivity index (χ3v) is 6.89. The lowest BCUT2D eigenvalue weighted by atomic mass is 10.1. The number of amidine groups is 1. The largest absolute Gasteiger partial charge is 0.493 e. The summed E-state index contributed by atoms with van der Waals surface area (Å²) in [5, 5.41) is 0.752. The van der Waals surface area contributed by atoms with Gasteiger partial charge in [0.2, 0.25) is 0 Å². The highest BCUT2D eigenvalue weighted by molar-refractivity contribution is 14.1. The van der Waals surface area contributed by atoms with E-state index in [9.17, 15) is 4.79 Å². The quantitative estimate of drug-likeness (QED) is 0.252. The number of halogens is 2. The molecule has 1 aliphatic heterocycles. The normalized spacial score (nSPS) is 16.7. The third kappa shape index (κ3) is 6.08. The number of ether oxygens (including phenoxy) is 2. The van der Waals surface area contributed by atoms with Crippen LogP contribution >= 0.6 is 50.3 Å². The monoisotopic (exact) mass is 628 g/mol. The summed E-state index contributed by atoms with van der Waals surface area (Å²) in [6.45, 7) is 8.46. The van der Waals surface area contributed by atoms with Crippen LogP contribution in [0.25, 0.3) is 6.08 Å². The van der Waals surface area contributed by atoms with E-state index in [0.717, 1.165) is 24.3 Å². The van der Waals surface area contributed by atoms with E-state index < -0.39 is 0 Å². The molecule has 8 heteroatoms. The predicted octanol–water partition coefficient (Wildman–Crippen LogP) is 6.73. The maximum Gasteiger partial charge on any atom is 0.266 e. The van der Waals surface area contributed by atoms with Crippen LogP contribution in [-0.2, 0) is 11.4 Å². The van der Waals surface area contributed by atoms with Crippen LogP contribution in [-0.4, -0.2) is 35.2 Å². The summed E-state index contributed by atoms with van der Waals surface area (Å²) >= 11 is 7.11. The topological polar surface area (TPSA) is 51.1 Å². The molecular formula is C24H26BrIN2O3S. The van der Waals surface area contributed by atoms with Crippen molar-refractivity contribution in [2.45, 2.75) is 46.4 Å². The maximum absolute atomic E-state index is 13.0. The van der Waals surface area contributed by atoms with Gasteiger partial charge in [0.25, 0.3) is 5.91 Å². The third-order valence-electron chi connectivity index (χ3n) is 4.57. The number of hydrogen-bond acceptors (Lipinski definition) is 5. The summed E-state index contributed by atoms with van der Waals surface area (Å²) < 4.78 is 13.6. The molecule has 0 radical (unpaired) electrons. The van der Waals surface area contributed by atoms with Gasteiger partial charge in [-0.25, -0.2) is 0 Å². The lowest BCUT2D eigenvalue weighted by Gasteiger charge is -2.20. The molecule has 32 heavy (non-hydrogen) atoms. The number of thioether (sulfide) groups is 1. The van der Waals surface area contributed by atoms with E-state index in [4.69, 9.17) is 9.47 Å². The molecule has 1 aliphatic rings. The van der Waals surface area contributed by atoms with Gasteiger partial charge in [-0.3, -0.25) is 14.7 Å². The molecule has 0 bridgehead atoms. The van der Waals surface area contributed by atoms with Gasteiger partial charge in [-0.2, -0.15) is 0 Å². The Hall–Kier alpha value is -1.52. The molecule has 1 amide bonds. The molecule has 0 saturated carbocycles. The van der Waals surface area contributed by atoms with Gasteiger partial charge in [0, 0.05) is 16.6 Å². The Morgan fingerprint density at radius 3 is 2.47 bits per heavy atom. The fourth-order valence-corrected chi connectivity index (χ4v) is 5.38. The van der Waals surface area contributed by atoms with Crippen molar-refractivity contribution in [2.75, 3.05) is 7.11 Å². The van der Waals surface area contributed by atoms with Crippen molar-refractivity contribution in [1.82, 2.24) is 4.90 Å². The van der Waals surface area contributed by atoms with E-state index in [0.29, 0.717) is 23.0 Å². The fraction of sp³-hybridized carbons (Fsp3) is 0.333. The maximum atomic E-state index is 13.0. The molecule has 0 spiro atoms. The molecule has 2 aromatic rings. The van der Waals surface area contributed by atoms with E-state index in [1.54, 1.807) is 12.0 Å². The number of nitrogens with zero attached hydrogens (tertiary/aromatic N) is 2. The average Bonchev–Trinajstić information content (AvgIpc) is 3.02. The summed E-state index contributed by atoms with van der Waals surface area (Å²) in [5.41, 5.74) is 1.95. The standard InChI is InChI=1S/C24H26BrIN2O3S/c1-14(2)27-24-28(15(3)4)23(29)21(32-24)12-17-10-19(26)22(20(11-17)30-5)31-13-16-6-8-18(25)9-7-16/h6-12,14-15H,13H2,1-5H3/b21-12+,27-24?. The summed E-state index contributed by atoms with van der Waals surface area (Å²) in [6, 6.07) is 12.1. The van der Waals surface area contributed by atoms with Crippen molar-refractivity contribution >= 4 is 67.4 Å². The zero-order valence-corrected chi connectivity index (χ0v) is 23.2. The fourth-order valence-electron chi connectivity index (χ4n) is 3.10. The highest BCUT2D eigenvalue weighted by atomic mass is 127. The Morgan fingerprint density at radius 1 is 1.19 bits per heavy atom. The highest BCUT2D eigenvalue weighted by Crippen LogP contribution is 2.38. The molecule has 1 saturated heterocycles. The minimum atomic E-state index is -0.0195. The number of benzene rings is 2. The zero-order valence-electron chi connectivity index (χ0n) is 18.7. The van der Waals surface area contributed by atoms with Crippen LogP contribution < -0.4 is 9.47 Å². The smallest absolute Gasteiger partial charge is 0.266 e. The van der Waals surface area contributed by atoms with Crippen molar-refractivity contribution in [3.63, 3.8) is 0 Å². The Balaban J connectivity index is 1.87. The number of carbonyl (C=O) groups excluding carboxylic acids is 1. The minimum Gasteiger partial charge on any atom is -0.493 e. The van der Waals surface area contributed by atoms with E-state index >= 15 is 0 Å². The van der Waals surface area contributed by atoms with Crippen molar-refractivity contribution in [3.8, 4) is 11.5 Å². The Kier molecular flexibility index (Phi) is 8.68. The van der Waals surface area contributed by atoms with E-state index in [2.05, 4.69) is 43.5 Å². The van der Waals surface area contributed by atoms with Crippen LogP contribution in [0.2, 0.25) is 0 Å². The van der Waals surface area contributed by atoms with E-state index in [1.807, 2.05) is 70.2 Å². The second kappa shape index (κ2) is 11.1. The van der Waals surface area contributed by atoms with Gasteiger partial charge < -0.3 is 9.47 Å². The second-order valence-corrected chi connectivity index (χ2v) is 10.9. The Labute approximate surface area is 215 Å². The Bertz CT molecular complexity index is 1050. The minimum absolute atomic E-state index is 0.0195. The SMILES string of the molecule is COc1cc(/C=C2/SC(=NC(C)C)N(C(C)C)C2=O)cc(I)c1OCc1ccc(Br)cc1. The molecule has 3 rings (SSSR count). The van der Waals surface area contributed by atoms with Crippen molar-refractivity contribution < 1.29 is 14.3 Å². The number of amides is 1. The predicted molar refractivity (Wildman–Crippen MR) is 144 cm³/mol. The van der Waals surface area contributed by atoms with Gasteiger partial charge in [0.1, 0.15) is 6.61 Å². The lowest BCUT2D eigenvalue weighted by Crippen LogP contribution is -2.35.